The molecule has 1 heterocycles. The number of hydrogen-bond donors (Lipinski definition) is 0. The van der Waals surface area contributed by atoms with Crippen molar-refractivity contribution >= 4 is 15.9 Å². The highest BCUT2D eigenvalue weighted by Gasteiger charge is 2.03. The minimum atomic E-state index is -0.643. The summed E-state index contributed by atoms with van der Waals surface area (Å²) >= 11 is 3.03. The van der Waals surface area contributed by atoms with Crippen LogP contribution in [0.3, 0.4) is 0 Å². The lowest BCUT2D eigenvalue weighted by Gasteiger charge is -2.05. The zero-order valence-corrected chi connectivity index (χ0v) is 9.54. The van der Waals surface area contributed by atoms with Crippen LogP contribution < -0.4 is 4.74 Å². The largest absolute Gasteiger partial charge is 0.457 e. The predicted octanol–water partition coefficient (Wildman–Crippen LogP) is 3.91. The van der Waals surface area contributed by atoms with Crippen LogP contribution in [0.25, 0.3) is 0 Å². The first-order chi connectivity index (χ1) is 7.65. The third kappa shape index (κ3) is 2.55. The van der Waals surface area contributed by atoms with Crippen LogP contribution in [0.2, 0.25) is 0 Å². The number of hydrogen-bond acceptors (Lipinski definition) is 2. The van der Waals surface area contributed by atoms with Crippen molar-refractivity contribution in [3.05, 3.63) is 52.8 Å². The van der Waals surface area contributed by atoms with Crippen LogP contribution in [0.5, 0.6) is 11.5 Å². The van der Waals surface area contributed by atoms with Crippen molar-refractivity contribution in [1.82, 2.24) is 4.98 Å². The molecule has 0 bridgehead atoms. The van der Waals surface area contributed by atoms with Gasteiger partial charge in [0.15, 0.2) is 0 Å². The van der Waals surface area contributed by atoms with Gasteiger partial charge in [-0.05, 0) is 34.1 Å². The zero-order valence-electron chi connectivity index (χ0n) is 7.95. The Labute approximate surface area is 99.0 Å². The van der Waals surface area contributed by atoms with Crippen molar-refractivity contribution < 1.29 is 13.5 Å². The van der Waals surface area contributed by atoms with Gasteiger partial charge in [0.05, 0.1) is 4.47 Å². The molecule has 0 saturated carbocycles. The van der Waals surface area contributed by atoms with Gasteiger partial charge in [0.1, 0.15) is 17.3 Å². The van der Waals surface area contributed by atoms with Crippen molar-refractivity contribution in [2.45, 2.75) is 0 Å². The van der Waals surface area contributed by atoms with Gasteiger partial charge in [-0.15, -0.1) is 0 Å². The van der Waals surface area contributed by atoms with Crippen molar-refractivity contribution in [3.63, 3.8) is 0 Å². The molecule has 2 nitrogen and oxygen atoms in total. The third-order valence-electron chi connectivity index (χ3n) is 1.82. The van der Waals surface area contributed by atoms with Crippen LogP contribution in [0.1, 0.15) is 0 Å². The van der Waals surface area contributed by atoms with Gasteiger partial charge in [0.2, 0.25) is 5.95 Å². The van der Waals surface area contributed by atoms with Crippen molar-refractivity contribution in [2.75, 3.05) is 0 Å². The molecule has 0 aliphatic rings. The Morgan fingerprint density at radius 2 is 1.81 bits per heavy atom. The molecule has 2 aromatic rings. The fraction of sp³-hybridized carbons (Fsp3) is 0. The number of pyridine rings is 1. The topological polar surface area (TPSA) is 22.1 Å². The molecule has 1 aromatic heterocycles. The van der Waals surface area contributed by atoms with Gasteiger partial charge in [0, 0.05) is 18.3 Å². The Hall–Kier alpha value is -1.49. The van der Waals surface area contributed by atoms with Crippen LogP contribution in [0.4, 0.5) is 8.78 Å². The highest BCUT2D eigenvalue weighted by Crippen LogP contribution is 2.25. The summed E-state index contributed by atoms with van der Waals surface area (Å²) in [7, 11) is 0. The van der Waals surface area contributed by atoms with Crippen LogP contribution in [-0.4, -0.2) is 4.98 Å². The lowest BCUT2D eigenvalue weighted by atomic mass is 10.3. The second-order valence-corrected chi connectivity index (χ2v) is 3.85. The summed E-state index contributed by atoms with van der Waals surface area (Å²) in [5.74, 6) is -0.511. The molecule has 0 spiro atoms. The molecule has 5 heteroatoms. The van der Waals surface area contributed by atoms with Crippen LogP contribution in [-0.2, 0) is 0 Å². The summed E-state index contributed by atoms with van der Waals surface area (Å²) < 4.78 is 31.5. The van der Waals surface area contributed by atoms with E-state index in [0.29, 0.717) is 10.2 Å². The SMILES string of the molecule is Fc1cc(Oc2ccc(Br)c(F)c2)ccn1. The normalized spacial score (nSPS) is 10.2. The van der Waals surface area contributed by atoms with Gasteiger partial charge in [-0.1, -0.05) is 0 Å². The number of benzene rings is 1. The number of nitrogens with zero attached hydrogens (tertiary/aromatic N) is 1. The lowest BCUT2D eigenvalue weighted by Crippen LogP contribution is -1.88. The minimum absolute atomic E-state index is 0.272. The summed E-state index contributed by atoms with van der Waals surface area (Å²) in [5.41, 5.74) is 0. The molecule has 0 aliphatic carbocycles. The van der Waals surface area contributed by atoms with Crippen LogP contribution in [0, 0.1) is 11.8 Å². The molecule has 0 fully saturated rings. The molecule has 0 amide bonds. The summed E-state index contributed by atoms with van der Waals surface area (Å²) in [5, 5.41) is 0. The van der Waals surface area contributed by atoms with E-state index >= 15 is 0 Å². The van der Waals surface area contributed by atoms with Crippen molar-refractivity contribution in [1.29, 1.82) is 0 Å². The molecule has 82 valence electrons. The molecule has 0 radical (unpaired) electrons. The van der Waals surface area contributed by atoms with Crippen molar-refractivity contribution in [3.8, 4) is 11.5 Å². The molecule has 0 N–H and O–H groups in total. The van der Waals surface area contributed by atoms with Gasteiger partial charge >= 0.3 is 0 Å². The fourth-order valence-electron chi connectivity index (χ4n) is 1.12. The first kappa shape index (κ1) is 11.0. The van der Waals surface area contributed by atoms with Gasteiger partial charge < -0.3 is 4.74 Å². The average molecular weight is 286 g/mol. The van der Waals surface area contributed by atoms with E-state index in [1.54, 1.807) is 6.07 Å². The first-order valence-corrected chi connectivity index (χ1v) is 5.19. The summed E-state index contributed by atoms with van der Waals surface area (Å²) in [6, 6.07) is 6.92. The minimum Gasteiger partial charge on any atom is -0.457 e. The molecule has 16 heavy (non-hydrogen) atoms. The number of halogens is 3. The summed E-state index contributed by atoms with van der Waals surface area (Å²) in [6.07, 6.45) is 1.28. The second-order valence-electron chi connectivity index (χ2n) is 2.99. The quantitative estimate of drug-likeness (QED) is 0.781. The Balaban J connectivity index is 2.24. The van der Waals surface area contributed by atoms with Gasteiger partial charge in [-0.25, -0.2) is 9.37 Å². The van der Waals surface area contributed by atoms with Gasteiger partial charge in [0.25, 0.3) is 0 Å². The third-order valence-corrected chi connectivity index (χ3v) is 2.47. The maximum atomic E-state index is 13.1. The highest BCUT2D eigenvalue weighted by atomic mass is 79.9. The molecular weight excluding hydrogens is 280 g/mol. The smallest absolute Gasteiger partial charge is 0.216 e. The second kappa shape index (κ2) is 4.57. The van der Waals surface area contributed by atoms with Crippen LogP contribution >= 0.6 is 15.9 Å². The van der Waals surface area contributed by atoms with E-state index in [-0.39, 0.29) is 5.75 Å². The standard InChI is InChI=1S/C11H6BrF2NO/c12-9-2-1-7(5-10(9)13)16-8-3-4-15-11(14)6-8/h1-6H. The molecule has 2 rings (SSSR count). The molecule has 0 saturated heterocycles. The van der Waals surface area contributed by atoms with E-state index in [0.717, 1.165) is 6.07 Å². The number of rotatable bonds is 2. The van der Waals surface area contributed by atoms with E-state index in [4.69, 9.17) is 4.74 Å². The lowest BCUT2D eigenvalue weighted by molar-refractivity contribution is 0.467. The summed E-state index contributed by atoms with van der Waals surface area (Å²) in [6.45, 7) is 0. The van der Waals surface area contributed by atoms with E-state index in [2.05, 4.69) is 20.9 Å². The predicted molar refractivity (Wildman–Crippen MR) is 58.4 cm³/mol. The average Bonchev–Trinajstić information content (AvgIpc) is 2.24. The Bertz CT molecular complexity index is 519. The van der Waals surface area contributed by atoms with E-state index < -0.39 is 11.8 Å². The zero-order chi connectivity index (χ0) is 11.5. The van der Waals surface area contributed by atoms with E-state index in [1.807, 2.05) is 0 Å². The number of ether oxygens (including phenoxy) is 1. The number of aromatic nitrogens is 1. The Kier molecular flexibility index (Phi) is 3.14. The molecular formula is C11H6BrF2NO. The first-order valence-electron chi connectivity index (χ1n) is 4.39. The molecule has 0 unspecified atom stereocenters. The molecule has 1 aromatic carbocycles. The maximum absolute atomic E-state index is 13.1. The van der Waals surface area contributed by atoms with Gasteiger partial charge in [-0.2, -0.15) is 4.39 Å². The molecule has 0 aliphatic heterocycles. The fourth-order valence-corrected chi connectivity index (χ4v) is 1.37. The van der Waals surface area contributed by atoms with Crippen molar-refractivity contribution in [2.24, 2.45) is 0 Å². The maximum Gasteiger partial charge on any atom is 0.216 e. The van der Waals surface area contributed by atoms with Crippen LogP contribution in [0.15, 0.2) is 41.0 Å². The highest BCUT2D eigenvalue weighted by molar-refractivity contribution is 9.10. The van der Waals surface area contributed by atoms with E-state index in [1.165, 1.54) is 24.4 Å². The van der Waals surface area contributed by atoms with Gasteiger partial charge in [-0.3, -0.25) is 0 Å². The molecule has 0 atom stereocenters. The summed E-state index contributed by atoms with van der Waals surface area (Å²) in [4.78, 5) is 3.38. The Morgan fingerprint density at radius 3 is 2.50 bits per heavy atom. The Morgan fingerprint density at radius 1 is 1.06 bits per heavy atom. The van der Waals surface area contributed by atoms with E-state index in [9.17, 15) is 8.78 Å². The monoisotopic (exact) mass is 285 g/mol.